The summed E-state index contributed by atoms with van der Waals surface area (Å²) in [7, 11) is 0. The van der Waals surface area contributed by atoms with E-state index in [9.17, 15) is 4.79 Å². The van der Waals surface area contributed by atoms with E-state index in [0.29, 0.717) is 12.6 Å². The SMILES string of the molecule is CCOc1ccc(C2NC(C)C(=O)N2C2CC2)cc1. The summed E-state index contributed by atoms with van der Waals surface area (Å²) in [4.78, 5) is 14.2. The fourth-order valence-corrected chi connectivity index (χ4v) is 2.65. The molecule has 0 bridgehead atoms. The molecule has 1 aromatic rings. The number of nitrogens with zero attached hydrogens (tertiary/aromatic N) is 1. The van der Waals surface area contributed by atoms with Gasteiger partial charge in [0.25, 0.3) is 0 Å². The molecule has 3 rings (SSSR count). The van der Waals surface area contributed by atoms with E-state index in [0.717, 1.165) is 24.2 Å². The number of hydrogen-bond donors (Lipinski definition) is 1. The second kappa shape index (κ2) is 4.85. The van der Waals surface area contributed by atoms with Crippen LogP contribution in [0.25, 0.3) is 0 Å². The van der Waals surface area contributed by atoms with Crippen molar-refractivity contribution < 1.29 is 9.53 Å². The highest BCUT2D eigenvalue weighted by Gasteiger charge is 2.44. The molecule has 4 heteroatoms. The first-order valence-electron chi connectivity index (χ1n) is 7.01. The zero-order valence-electron chi connectivity index (χ0n) is 11.4. The van der Waals surface area contributed by atoms with Gasteiger partial charge in [-0.1, -0.05) is 12.1 Å². The molecule has 1 saturated carbocycles. The molecule has 2 aliphatic rings. The van der Waals surface area contributed by atoms with Crippen LogP contribution in [0, 0.1) is 0 Å². The van der Waals surface area contributed by atoms with Crippen molar-refractivity contribution in [2.75, 3.05) is 6.61 Å². The van der Waals surface area contributed by atoms with Gasteiger partial charge in [-0.25, -0.2) is 0 Å². The Kier molecular flexibility index (Phi) is 3.19. The first kappa shape index (κ1) is 12.5. The lowest BCUT2D eigenvalue weighted by Gasteiger charge is -2.24. The maximum absolute atomic E-state index is 12.2. The lowest BCUT2D eigenvalue weighted by Crippen LogP contribution is -2.32. The van der Waals surface area contributed by atoms with Crippen LogP contribution in [-0.2, 0) is 4.79 Å². The van der Waals surface area contributed by atoms with Gasteiger partial charge in [0, 0.05) is 6.04 Å². The van der Waals surface area contributed by atoms with Crippen LogP contribution in [0.4, 0.5) is 0 Å². The van der Waals surface area contributed by atoms with E-state index < -0.39 is 0 Å². The molecular formula is C15H20N2O2. The first-order valence-corrected chi connectivity index (χ1v) is 7.01. The molecule has 1 N–H and O–H groups in total. The minimum Gasteiger partial charge on any atom is -0.494 e. The molecule has 1 aliphatic heterocycles. The predicted molar refractivity (Wildman–Crippen MR) is 72.8 cm³/mol. The second-order valence-electron chi connectivity index (χ2n) is 5.27. The molecule has 1 aliphatic carbocycles. The summed E-state index contributed by atoms with van der Waals surface area (Å²) in [5, 5.41) is 3.38. The van der Waals surface area contributed by atoms with E-state index in [1.54, 1.807) is 0 Å². The van der Waals surface area contributed by atoms with Crippen LogP contribution < -0.4 is 10.1 Å². The van der Waals surface area contributed by atoms with Gasteiger partial charge < -0.3 is 9.64 Å². The van der Waals surface area contributed by atoms with Crippen molar-refractivity contribution in [2.24, 2.45) is 0 Å². The van der Waals surface area contributed by atoms with Crippen LogP contribution in [0.1, 0.15) is 38.4 Å². The van der Waals surface area contributed by atoms with E-state index in [4.69, 9.17) is 4.74 Å². The maximum Gasteiger partial charge on any atom is 0.241 e. The molecule has 4 nitrogen and oxygen atoms in total. The summed E-state index contributed by atoms with van der Waals surface area (Å²) < 4.78 is 5.45. The molecule has 102 valence electrons. The van der Waals surface area contributed by atoms with Crippen molar-refractivity contribution in [3.8, 4) is 5.75 Å². The lowest BCUT2D eigenvalue weighted by atomic mass is 10.1. The maximum atomic E-state index is 12.2. The Morgan fingerprint density at radius 1 is 1.32 bits per heavy atom. The predicted octanol–water partition coefficient (Wildman–Crippen LogP) is 2.07. The summed E-state index contributed by atoms with van der Waals surface area (Å²) in [5.41, 5.74) is 1.13. The fraction of sp³-hybridized carbons (Fsp3) is 0.533. The van der Waals surface area contributed by atoms with Gasteiger partial charge in [0.1, 0.15) is 11.9 Å². The molecule has 0 radical (unpaired) electrons. The van der Waals surface area contributed by atoms with Crippen molar-refractivity contribution >= 4 is 5.91 Å². The summed E-state index contributed by atoms with van der Waals surface area (Å²) >= 11 is 0. The zero-order valence-corrected chi connectivity index (χ0v) is 11.4. The second-order valence-corrected chi connectivity index (χ2v) is 5.27. The molecule has 1 aromatic carbocycles. The Labute approximate surface area is 113 Å². The van der Waals surface area contributed by atoms with E-state index in [1.165, 1.54) is 0 Å². The van der Waals surface area contributed by atoms with Gasteiger partial charge >= 0.3 is 0 Å². The van der Waals surface area contributed by atoms with Crippen LogP contribution in [-0.4, -0.2) is 29.5 Å². The number of benzene rings is 1. The summed E-state index contributed by atoms with van der Waals surface area (Å²) in [6.07, 6.45) is 2.28. The van der Waals surface area contributed by atoms with Crippen LogP contribution in [0.15, 0.2) is 24.3 Å². The number of carbonyl (C=O) groups excluding carboxylic acids is 1. The third-order valence-electron chi connectivity index (χ3n) is 3.76. The third-order valence-corrected chi connectivity index (χ3v) is 3.76. The summed E-state index contributed by atoms with van der Waals surface area (Å²) in [6.45, 7) is 4.58. The van der Waals surface area contributed by atoms with E-state index in [1.807, 2.05) is 43.0 Å². The van der Waals surface area contributed by atoms with Crippen molar-refractivity contribution in [1.29, 1.82) is 0 Å². The zero-order chi connectivity index (χ0) is 13.4. The Bertz CT molecular complexity index is 468. The van der Waals surface area contributed by atoms with Gasteiger partial charge in [-0.2, -0.15) is 0 Å². The number of carbonyl (C=O) groups is 1. The van der Waals surface area contributed by atoms with E-state index in [2.05, 4.69) is 5.32 Å². The number of ether oxygens (including phenoxy) is 1. The quantitative estimate of drug-likeness (QED) is 0.901. The molecule has 1 heterocycles. The number of nitrogens with one attached hydrogen (secondary N) is 1. The summed E-state index contributed by atoms with van der Waals surface area (Å²) in [6, 6.07) is 8.38. The van der Waals surface area contributed by atoms with Gasteiger partial charge in [0.05, 0.1) is 12.6 Å². The van der Waals surface area contributed by atoms with Crippen molar-refractivity contribution in [3.63, 3.8) is 0 Å². The number of amides is 1. The average Bonchev–Trinajstić information content (AvgIpc) is 3.19. The number of rotatable bonds is 4. The number of hydrogen-bond acceptors (Lipinski definition) is 3. The monoisotopic (exact) mass is 260 g/mol. The van der Waals surface area contributed by atoms with Gasteiger partial charge in [-0.15, -0.1) is 0 Å². The standard InChI is InChI=1S/C15H20N2O2/c1-3-19-13-8-4-11(5-9-13)14-16-10(2)15(18)17(14)12-6-7-12/h4-5,8-10,12,14,16H,3,6-7H2,1-2H3. The van der Waals surface area contributed by atoms with Crippen molar-refractivity contribution in [2.45, 2.75) is 44.9 Å². The van der Waals surface area contributed by atoms with Crippen LogP contribution in [0.3, 0.4) is 0 Å². The van der Waals surface area contributed by atoms with Gasteiger partial charge in [0.2, 0.25) is 5.91 Å². The largest absolute Gasteiger partial charge is 0.494 e. The molecule has 0 aromatic heterocycles. The third kappa shape index (κ3) is 2.32. The molecule has 2 fully saturated rings. The Morgan fingerprint density at radius 2 is 2.00 bits per heavy atom. The Hall–Kier alpha value is -1.55. The Morgan fingerprint density at radius 3 is 2.58 bits per heavy atom. The van der Waals surface area contributed by atoms with Gasteiger partial charge in [0.15, 0.2) is 0 Å². The topological polar surface area (TPSA) is 41.6 Å². The van der Waals surface area contributed by atoms with Crippen molar-refractivity contribution in [3.05, 3.63) is 29.8 Å². The fourth-order valence-electron chi connectivity index (χ4n) is 2.65. The molecule has 19 heavy (non-hydrogen) atoms. The van der Waals surface area contributed by atoms with Gasteiger partial charge in [-0.3, -0.25) is 10.1 Å². The molecule has 1 amide bonds. The first-order chi connectivity index (χ1) is 9.20. The van der Waals surface area contributed by atoms with Crippen LogP contribution in [0.2, 0.25) is 0 Å². The van der Waals surface area contributed by atoms with Crippen LogP contribution in [0.5, 0.6) is 5.75 Å². The highest BCUT2D eigenvalue weighted by molar-refractivity contribution is 5.84. The van der Waals surface area contributed by atoms with E-state index >= 15 is 0 Å². The van der Waals surface area contributed by atoms with Crippen LogP contribution >= 0.6 is 0 Å². The highest BCUT2D eigenvalue weighted by Crippen LogP contribution is 2.37. The van der Waals surface area contributed by atoms with Crippen molar-refractivity contribution in [1.82, 2.24) is 10.2 Å². The normalized spacial score (nSPS) is 26.8. The highest BCUT2D eigenvalue weighted by atomic mass is 16.5. The summed E-state index contributed by atoms with van der Waals surface area (Å²) in [5.74, 6) is 1.10. The van der Waals surface area contributed by atoms with E-state index in [-0.39, 0.29) is 18.1 Å². The molecule has 2 atom stereocenters. The lowest BCUT2D eigenvalue weighted by molar-refractivity contribution is -0.130. The minimum atomic E-state index is -0.0860. The minimum absolute atomic E-state index is 0.0191. The smallest absolute Gasteiger partial charge is 0.241 e. The molecular weight excluding hydrogens is 240 g/mol. The molecule has 1 saturated heterocycles. The molecule has 0 spiro atoms. The Balaban J connectivity index is 1.81. The molecule has 2 unspecified atom stereocenters. The average molecular weight is 260 g/mol. The van der Waals surface area contributed by atoms with Gasteiger partial charge in [-0.05, 0) is 44.4 Å².